The second-order valence-electron chi connectivity index (χ2n) is 7.46. The van der Waals surface area contributed by atoms with Crippen LogP contribution in [0.2, 0.25) is 0 Å². The maximum atomic E-state index is 12.1. The molecular formula is C16H25N3O. The van der Waals surface area contributed by atoms with E-state index in [-0.39, 0.29) is 11.1 Å². The monoisotopic (exact) mass is 275 g/mol. The molecule has 4 heteroatoms. The third-order valence-electron chi connectivity index (χ3n) is 5.96. The van der Waals surface area contributed by atoms with Crippen molar-refractivity contribution in [2.45, 2.75) is 50.5 Å². The zero-order valence-corrected chi connectivity index (χ0v) is 12.3. The number of aromatic amines is 1. The minimum absolute atomic E-state index is 0.121. The van der Waals surface area contributed by atoms with Crippen molar-refractivity contribution in [2.24, 2.45) is 17.8 Å². The van der Waals surface area contributed by atoms with Gasteiger partial charge in [-0.3, -0.25) is 14.6 Å². The first-order valence-electron chi connectivity index (χ1n) is 8.14. The molecule has 4 aliphatic rings. The Balaban J connectivity index is 1.65. The Morgan fingerprint density at radius 3 is 2.40 bits per heavy atom. The van der Waals surface area contributed by atoms with E-state index in [1.165, 1.54) is 38.5 Å². The summed E-state index contributed by atoms with van der Waals surface area (Å²) in [6.45, 7) is 0.869. The number of nitrogens with one attached hydrogen (secondary N) is 2. The Hall–Kier alpha value is -1.03. The molecule has 1 heterocycles. The summed E-state index contributed by atoms with van der Waals surface area (Å²) in [6.07, 6.45) is 11.1. The molecule has 0 atom stereocenters. The number of rotatable bonds is 4. The van der Waals surface area contributed by atoms with Crippen LogP contribution in [0.15, 0.2) is 11.0 Å². The van der Waals surface area contributed by atoms with Gasteiger partial charge >= 0.3 is 0 Å². The normalized spacial score (nSPS) is 38.5. The lowest BCUT2D eigenvalue weighted by Gasteiger charge is -2.56. The van der Waals surface area contributed by atoms with Gasteiger partial charge < -0.3 is 5.32 Å². The SMILES string of the molecule is CNCCc1cn(C23CC4CC(CC(C4)C2)C3)[nH]c1=O. The van der Waals surface area contributed by atoms with E-state index in [0.717, 1.165) is 36.3 Å². The van der Waals surface area contributed by atoms with E-state index in [4.69, 9.17) is 0 Å². The van der Waals surface area contributed by atoms with Crippen LogP contribution in [-0.2, 0) is 12.0 Å². The van der Waals surface area contributed by atoms with Crippen molar-refractivity contribution in [1.29, 1.82) is 0 Å². The smallest absolute Gasteiger partial charge is 0.267 e. The molecule has 0 aromatic carbocycles. The van der Waals surface area contributed by atoms with Gasteiger partial charge in [0.2, 0.25) is 0 Å². The van der Waals surface area contributed by atoms with Gasteiger partial charge in [0.15, 0.2) is 0 Å². The zero-order valence-electron chi connectivity index (χ0n) is 12.3. The van der Waals surface area contributed by atoms with Gasteiger partial charge in [0.05, 0.1) is 5.54 Å². The summed E-state index contributed by atoms with van der Waals surface area (Å²) in [4.78, 5) is 12.1. The fourth-order valence-electron chi connectivity index (χ4n) is 5.48. The van der Waals surface area contributed by atoms with E-state index in [1.54, 1.807) is 0 Å². The van der Waals surface area contributed by atoms with Gasteiger partial charge in [0.1, 0.15) is 0 Å². The molecule has 0 spiro atoms. The Kier molecular flexibility index (Phi) is 2.85. The van der Waals surface area contributed by atoms with Crippen LogP contribution in [0.3, 0.4) is 0 Å². The molecule has 2 N–H and O–H groups in total. The Bertz CT molecular complexity index is 521. The van der Waals surface area contributed by atoms with Crippen molar-refractivity contribution in [3.8, 4) is 0 Å². The molecule has 1 aromatic heterocycles. The van der Waals surface area contributed by atoms with E-state index >= 15 is 0 Å². The molecular weight excluding hydrogens is 250 g/mol. The Morgan fingerprint density at radius 1 is 1.25 bits per heavy atom. The molecule has 0 aliphatic heterocycles. The lowest BCUT2D eigenvalue weighted by Crippen LogP contribution is -2.52. The van der Waals surface area contributed by atoms with Gasteiger partial charge in [-0.1, -0.05) is 0 Å². The van der Waals surface area contributed by atoms with Crippen molar-refractivity contribution >= 4 is 0 Å². The van der Waals surface area contributed by atoms with Crippen LogP contribution >= 0.6 is 0 Å². The summed E-state index contributed by atoms with van der Waals surface area (Å²) in [5, 5.41) is 6.27. The Morgan fingerprint density at radius 2 is 1.85 bits per heavy atom. The predicted octanol–water partition coefficient (Wildman–Crippen LogP) is 1.86. The number of H-pyrrole nitrogens is 1. The summed E-state index contributed by atoms with van der Waals surface area (Å²) >= 11 is 0. The minimum atomic E-state index is 0.121. The van der Waals surface area contributed by atoms with Crippen LogP contribution in [0.5, 0.6) is 0 Å². The van der Waals surface area contributed by atoms with Crippen LogP contribution in [0.1, 0.15) is 44.1 Å². The van der Waals surface area contributed by atoms with Crippen molar-refractivity contribution in [3.05, 3.63) is 22.1 Å². The summed E-state index contributed by atoms with van der Waals surface area (Å²) in [5.41, 5.74) is 1.30. The largest absolute Gasteiger partial charge is 0.319 e. The van der Waals surface area contributed by atoms with Crippen LogP contribution < -0.4 is 10.9 Å². The zero-order chi connectivity index (χ0) is 13.7. The first-order valence-corrected chi connectivity index (χ1v) is 8.14. The molecule has 4 nitrogen and oxygen atoms in total. The molecule has 0 saturated heterocycles. The third-order valence-corrected chi connectivity index (χ3v) is 5.96. The lowest BCUT2D eigenvalue weighted by molar-refractivity contribution is -0.0496. The van der Waals surface area contributed by atoms with Crippen molar-refractivity contribution in [2.75, 3.05) is 13.6 Å². The van der Waals surface area contributed by atoms with Crippen molar-refractivity contribution < 1.29 is 0 Å². The summed E-state index contributed by atoms with van der Waals surface area (Å²) in [5.74, 6) is 2.73. The molecule has 0 radical (unpaired) electrons. The third kappa shape index (κ3) is 1.88. The first-order chi connectivity index (χ1) is 9.68. The molecule has 4 aliphatic carbocycles. The van der Waals surface area contributed by atoms with Crippen LogP contribution in [0, 0.1) is 17.8 Å². The number of hydrogen-bond donors (Lipinski definition) is 2. The fourth-order valence-corrected chi connectivity index (χ4v) is 5.48. The highest BCUT2D eigenvalue weighted by Gasteiger charge is 2.52. The van der Waals surface area contributed by atoms with Crippen LogP contribution in [0.25, 0.3) is 0 Å². The van der Waals surface area contributed by atoms with E-state index in [1.807, 2.05) is 7.05 Å². The van der Waals surface area contributed by atoms with Gasteiger partial charge in [-0.05, 0) is 76.3 Å². The number of likely N-dealkylation sites (N-methyl/N-ethyl adjacent to an activating group) is 1. The Labute approximate surface area is 119 Å². The van der Waals surface area contributed by atoms with E-state index in [2.05, 4.69) is 21.3 Å². The minimum Gasteiger partial charge on any atom is -0.319 e. The number of aromatic nitrogens is 2. The molecule has 20 heavy (non-hydrogen) atoms. The van der Waals surface area contributed by atoms with Crippen LogP contribution in [-0.4, -0.2) is 23.4 Å². The van der Waals surface area contributed by atoms with Gasteiger partial charge in [0, 0.05) is 11.8 Å². The molecule has 4 fully saturated rings. The van der Waals surface area contributed by atoms with Gasteiger partial charge in [0.25, 0.3) is 5.56 Å². The van der Waals surface area contributed by atoms with Crippen LogP contribution in [0.4, 0.5) is 0 Å². The average molecular weight is 275 g/mol. The van der Waals surface area contributed by atoms with E-state index in [9.17, 15) is 4.79 Å². The molecule has 4 bridgehead atoms. The second-order valence-corrected chi connectivity index (χ2v) is 7.46. The molecule has 4 saturated carbocycles. The summed E-state index contributed by atoms with van der Waals surface area (Å²) < 4.78 is 2.21. The molecule has 5 rings (SSSR count). The standard InChI is InChI=1S/C16H25N3O/c1-17-3-2-14-10-19(18-15(14)20)16-7-11-4-12(8-16)6-13(5-11)9-16/h10-13,17H,2-9H2,1H3,(H,18,20). The maximum Gasteiger partial charge on any atom is 0.267 e. The lowest BCUT2D eigenvalue weighted by atomic mass is 9.53. The van der Waals surface area contributed by atoms with E-state index in [0.29, 0.717) is 0 Å². The molecule has 110 valence electrons. The van der Waals surface area contributed by atoms with E-state index < -0.39 is 0 Å². The first kappa shape index (κ1) is 12.7. The van der Waals surface area contributed by atoms with Crippen molar-refractivity contribution in [3.63, 3.8) is 0 Å². The highest BCUT2D eigenvalue weighted by molar-refractivity contribution is 5.11. The van der Waals surface area contributed by atoms with Gasteiger partial charge in [-0.25, -0.2) is 0 Å². The highest BCUT2D eigenvalue weighted by atomic mass is 16.1. The average Bonchev–Trinajstić information content (AvgIpc) is 2.77. The highest BCUT2D eigenvalue weighted by Crippen LogP contribution is 2.58. The maximum absolute atomic E-state index is 12.1. The topological polar surface area (TPSA) is 49.8 Å². The van der Waals surface area contributed by atoms with Gasteiger partial charge in [-0.2, -0.15) is 0 Å². The van der Waals surface area contributed by atoms with Gasteiger partial charge in [-0.15, -0.1) is 0 Å². The molecule has 0 amide bonds. The van der Waals surface area contributed by atoms with Crippen molar-refractivity contribution in [1.82, 2.24) is 15.1 Å². The molecule has 1 aromatic rings. The fraction of sp³-hybridized carbons (Fsp3) is 0.812. The summed E-state index contributed by atoms with van der Waals surface area (Å²) in [6, 6.07) is 0. The number of nitrogens with zero attached hydrogens (tertiary/aromatic N) is 1. The second kappa shape index (κ2) is 4.48. The molecule has 0 unspecified atom stereocenters. The summed E-state index contributed by atoms with van der Waals surface area (Å²) in [7, 11) is 1.93. The predicted molar refractivity (Wildman–Crippen MR) is 78.8 cm³/mol. The quantitative estimate of drug-likeness (QED) is 0.881. The number of hydrogen-bond acceptors (Lipinski definition) is 2.